The number of rotatable bonds is 5. The van der Waals surface area contributed by atoms with E-state index in [4.69, 9.17) is 6.57 Å². The molecule has 10 aromatic rings. The van der Waals surface area contributed by atoms with Crippen LogP contribution in [0.2, 0.25) is 0 Å². The average Bonchev–Trinajstić information content (AvgIpc) is 3.80. The highest BCUT2D eigenvalue weighted by Crippen LogP contribution is 2.46. The molecule has 0 unspecified atom stereocenters. The lowest BCUT2D eigenvalue weighted by Crippen LogP contribution is -2.12. The fourth-order valence-corrected chi connectivity index (χ4v) is 8.60. The van der Waals surface area contributed by atoms with Crippen LogP contribution < -0.4 is 0 Å². The summed E-state index contributed by atoms with van der Waals surface area (Å²) in [6, 6.07) is 49.1. The molecule has 0 bridgehead atoms. The number of aromatic nitrogens is 2. The molecule has 0 atom stereocenters. The number of hydrogen-bond donors (Lipinski definition) is 0. The van der Waals surface area contributed by atoms with E-state index in [1.165, 1.54) is 24.3 Å². The largest absolute Gasteiger partial charge is 0.417 e. The van der Waals surface area contributed by atoms with Gasteiger partial charge in [-0.05, 0) is 106 Å². The molecule has 2 heterocycles. The molecule has 4 nitrogen and oxygen atoms in total. The fraction of sp³-hybridized carbons (Fsp3) is 0.0385. The summed E-state index contributed by atoms with van der Waals surface area (Å²) in [6.07, 6.45) is -10.0. The molecule has 0 aliphatic heterocycles. The van der Waals surface area contributed by atoms with Crippen molar-refractivity contribution in [3.05, 3.63) is 198 Å². The van der Waals surface area contributed by atoms with Crippen molar-refractivity contribution in [2.24, 2.45) is 0 Å². The third kappa shape index (κ3) is 6.32. The molecule has 10 rings (SSSR count). The van der Waals surface area contributed by atoms with Gasteiger partial charge >= 0.3 is 12.4 Å². The summed E-state index contributed by atoms with van der Waals surface area (Å²) in [7, 11) is 0. The molecule has 62 heavy (non-hydrogen) atoms. The van der Waals surface area contributed by atoms with Crippen LogP contribution in [0, 0.1) is 17.9 Å². The van der Waals surface area contributed by atoms with Crippen molar-refractivity contribution < 1.29 is 26.3 Å². The number of benzene rings is 8. The van der Waals surface area contributed by atoms with E-state index in [0.717, 1.165) is 55.9 Å². The van der Waals surface area contributed by atoms with Gasteiger partial charge in [-0.25, -0.2) is 4.85 Å². The SMILES string of the molecule is [C-]#[N+]c1ccc(-c2ccc3c4ccccc4n(-c4ccc(C(F)(F)F)c(-c5cc(-n6c7ccccc7c7ccc(-c8ccc(C#N)cc8)cc76)ccc5C(F)(F)F)c4)c3c2)cc1. The monoisotopic (exact) mass is 822 g/mol. The average molecular weight is 823 g/mol. The second-order valence-corrected chi connectivity index (χ2v) is 15.0. The predicted octanol–water partition coefficient (Wildman–Crippen LogP) is 15.3. The van der Waals surface area contributed by atoms with Crippen molar-refractivity contribution in [2.75, 3.05) is 0 Å². The van der Waals surface area contributed by atoms with Crippen LogP contribution in [0.1, 0.15) is 16.7 Å². The van der Waals surface area contributed by atoms with E-state index in [-0.39, 0.29) is 11.4 Å². The molecule has 10 heteroatoms. The summed E-state index contributed by atoms with van der Waals surface area (Å²) in [5.41, 5.74) is 3.50. The van der Waals surface area contributed by atoms with Gasteiger partial charge in [0.05, 0.1) is 51.4 Å². The lowest BCUT2D eigenvalue weighted by molar-refractivity contribution is -0.139. The lowest BCUT2D eigenvalue weighted by atomic mass is 9.93. The first-order valence-electron chi connectivity index (χ1n) is 19.4. The number of nitrogens with zero attached hydrogens (tertiary/aromatic N) is 4. The Morgan fingerprint density at radius 2 is 0.839 bits per heavy atom. The summed E-state index contributed by atoms with van der Waals surface area (Å²) in [5, 5.41) is 12.5. The van der Waals surface area contributed by atoms with Crippen LogP contribution in [0.3, 0.4) is 0 Å². The zero-order chi connectivity index (χ0) is 42.9. The van der Waals surface area contributed by atoms with Gasteiger partial charge in [-0.3, -0.25) is 0 Å². The van der Waals surface area contributed by atoms with Gasteiger partial charge in [0.2, 0.25) is 0 Å². The van der Waals surface area contributed by atoms with E-state index < -0.39 is 34.6 Å². The molecule has 298 valence electrons. The number of nitriles is 1. The molecule has 0 fully saturated rings. The van der Waals surface area contributed by atoms with Gasteiger partial charge < -0.3 is 9.13 Å². The number of hydrogen-bond acceptors (Lipinski definition) is 1. The first-order chi connectivity index (χ1) is 29.9. The Balaban J connectivity index is 1.22. The van der Waals surface area contributed by atoms with Crippen molar-refractivity contribution in [1.82, 2.24) is 9.13 Å². The highest BCUT2D eigenvalue weighted by molar-refractivity contribution is 6.11. The van der Waals surface area contributed by atoms with Gasteiger partial charge in [0.15, 0.2) is 5.69 Å². The van der Waals surface area contributed by atoms with Crippen LogP contribution >= 0.6 is 0 Å². The van der Waals surface area contributed by atoms with Gasteiger partial charge in [-0.2, -0.15) is 31.6 Å². The zero-order valence-electron chi connectivity index (χ0n) is 32.2. The summed E-state index contributed by atoms with van der Waals surface area (Å²) < 4.78 is 94.5. The normalized spacial score (nSPS) is 12.0. The van der Waals surface area contributed by atoms with E-state index >= 15 is 26.3 Å². The fourth-order valence-electron chi connectivity index (χ4n) is 8.60. The molecular weight excluding hydrogens is 795 g/mol. The third-order valence-electron chi connectivity index (χ3n) is 11.4. The molecule has 0 amide bonds. The number of alkyl halides is 6. The second kappa shape index (κ2) is 14.3. The highest BCUT2D eigenvalue weighted by Gasteiger charge is 2.39. The summed E-state index contributed by atoms with van der Waals surface area (Å²) in [4.78, 5) is 3.47. The van der Waals surface area contributed by atoms with Crippen LogP contribution in [0.15, 0.2) is 170 Å². The molecule has 0 radical (unpaired) electrons. The minimum Gasteiger partial charge on any atom is -0.309 e. The lowest BCUT2D eigenvalue weighted by Gasteiger charge is -2.21. The van der Waals surface area contributed by atoms with Gasteiger partial charge in [-0.15, -0.1) is 0 Å². The minimum atomic E-state index is -5.01. The number of para-hydroxylation sites is 2. The molecule has 0 aliphatic rings. The van der Waals surface area contributed by atoms with Crippen LogP contribution in [0.25, 0.3) is 93.2 Å². The molecule has 8 aromatic carbocycles. The first kappa shape index (κ1) is 38.1. The minimum absolute atomic E-state index is 0.237. The van der Waals surface area contributed by atoms with Crippen LogP contribution in [-0.2, 0) is 12.4 Å². The van der Waals surface area contributed by atoms with Crippen molar-refractivity contribution >= 4 is 49.3 Å². The third-order valence-corrected chi connectivity index (χ3v) is 11.4. The van der Waals surface area contributed by atoms with Crippen molar-refractivity contribution in [2.45, 2.75) is 12.4 Å². The molecule has 0 aliphatic carbocycles. The summed E-state index contributed by atoms with van der Waals surface area (Å²) >= 11 is 0. The van der Waals surface area contributed by atoms with Crippen LogP contribution in [0.5, 0.6) is 0 Å². The molecule has 0 saturated carbocycles. The smallest absolute Gasteiger partial charge is 0.309 e. The van der Waals surface area contributed by atoms with Crippen LogP contribution in [-0.4, -0.2) is 9.13 Å². The van der Waals surface area contributed by atoms with E-state index in [9.17, 15) is 5.26 Å². The van der Waals surface area contributed by atoms with Gasteiger partial charge in [0, 0.05) is 32.9 Å². The molecule has 0 N–H and O–H groups in total. The van der Waals surface area contributed by atoms with E-state index in [0.29, 0.717) is 33.3 Å². The van der Waals surface area contributed by atoms with E-state index in [1.54, 1.807) is 57.7 Å². The summed E-state index contributed by atoms with van der Waals surface area (Å²) in [5.74, 6) is 0. The van der Waals surface area contributed by atoms with Crippen molar-refractivity contribution in [1.29, 1.82) is 5.26 Å². The Labute approximate surface area is 350 Å². The molecule has 2 aromatic heterocycles. The number of fused-ring (bicyclic) bond motifs is 6. The number of halogens is 6. The zero-order valence-corrected chi connectivity index (χ0v) is 32.2. The predicted molar refractivity (Wildman–Crippen MR) is 232 cm³/mol. The van der Waals surface area contributed by atoms with E-state index in [2.05, 4.69) is 10.9 Å². The Kier molecular flexibility index (Phi) is 8.79. The Morgan fingerprint density at radius 1 is 0.435 bits per heavy atom. The first-order valence-corrected chi connectivity index (χ1v) is 19.4. The molecular formula is C52H28F6N4. The standard InChI is InChI=1S/C52H28F6N4/c1-60-36-18-14-33(15-19-36)35-17-23-42-40-7-3-5-9-48(40)62(50(42)27-35)38-21-25-46(52(56,57)58)44(29-38)43-28-37(20-24-45(43)51(53,54)55)61-47-8-4-2-6-39(47)41-22-16-34(26-49(41)61)32-12-10-31(30-59)11-13-32/h2-29H. The molecule has 0 saturated heterocycles. The quantitative estimate of drug-likeness (QED) is 0.126. The Bertz CT molecular complexity index is 3270. The molecule has 0 spiro atoms. The van der Waals surface area contributed by atoms with Crippen molar-refractivity contribution in [3.8, 4) is 50.8 Å². The topological polar surface area (TPSA) is 38.0 Å². The summed E-state index contributed by atoms with van der Waals surface area (Å²) in [6.45, 7) is 7.33. The Morgan fingerprint density at radius 3 is 1.26 bits per heavy atom. The van der Waals surface area contributed by atoms with Crippen LogP contribution in [0.4, 0.5) is 32.0 Å². The Hall–Kier alpha value is -8.08. The van der Waals surface area contributed by atoms with E-state index in [1.807, 2.05) is 84.9 Å². The maximum Gasteiger partial charge on any atom is 0.417 e. The van der Waals surface area contributed by atoms with Gasteiger partial charge in [-0.1, -0.05) is 97.1 Å². The second-order valence-electron chi connectivity index (χ2n) is 15.0. The van der Waals surface area contributed by atoms with Gasteiger partial charge in [0.1, 0.15) is 0 Å². The maximum absolute atomic E-state index is 15.2. The maximum atomic E-state index is 15.2. The highest BCUT2D eigenvalue weighted by atomic mass is 19.4. The van der Waals surface area contributed by atoms with Gasteiger partial charge in [0.25, 0.3) is 0 Å². The van der Waals surface area contributed by atoms with Crippen molar-refractivity contribution in [3.63, 3.8) is 0 Å².